The average molecular weight is 151 g/mol. The van der Waals surface area contributed by atoms with Crippen molar-refractivity contribution in [2.75, 3.05) is 0 Å². The van der Waals surface area contributed by atoms with Gasteiger partial charge in [-0.2, -0.15) is 0 Å². The standard InChI is InChI=1S/C8H9NO2/c9-7-5-3-1-2-4-6(5)11-8(7)10/h4H,1-3,9H2. The fourth-order valence-corrected chi connectivity index (χ4v) is 1.41. The van der Waals surface area contributed by atoms with Crippen LogP contribution in [0.5, 0.6) is 0 Å². The lowest BCUT2D eigenvalue weighted by molar-refractivity contribution is -0.133. The molecule has 0 radical (unpaired) electrons. The highest BCUT2D eigenvalue weighted by atomic mass is 16.5. The summed E-state index contributed by atoms with van der Waals surface area (Å²) in [7, 11) is 0. The minimum Gasteiger partial charge on any atom is -0.422 e. The highest BCUT2D eigenvalue weighted by molar-refractivity contribution is 5.93. The van der Waals surface area contributed by atoms with Crippen molar-refractivity contribution in [2.24, 2.45) is 5.73 Å². The lowest BCUT2D eigenvalue weighted by atomic mass is 10.00. The van der Waals surface area contributed by atoms with E-state index in [1.54, 1.807) is 0 Å². The molecule has 0 saturated carbocycles. The molecule has 2 rings (SSSR count). The van der Waals surface area contributed by atoms with Gasteiger partial charge in [0.25, 0.3) is 0 Å². The van der Waals surface area contributed by atoms with E-state index in [0.29, 0.717) is 11.5 Å². The van der Waals surface area contributed by atoms with Crippen LogP contribution in [-0.4, -0.2) is 5.97 Å². The summed E-state index contributed by atoms with van der Waals surface area (Å²) in [5.41, 5.74) is 6.70. The molecule has 0 bridgehead atoms. The summed E-state index contributed by atoms with van der Waals surface area (Å²) in [4.78, 5) is 10.9. The van der Waals surface area contributed by atoms with Gasteiger partial charge in [0, 0.05) is 5.57 Å². The molecular formula is C8H9NO2. The lowest BCUT2D eigenvalue weighted by Crippen LogP contribution is -2.07. The maximum Gasteiger partial charge on any atom is 0.360 e. The first-order valence-electron chi connectivity index (χ1n) is 3.70. The number of nitrogens with two attached hydrogens (primary N) is 1. The number of rotatable bonds is 0. The van der Waals surface area contributed by atoms with Crippen molar-refractivity contribution < 1.29 is 9.53 Å². The zero-order valence-electron chi connectivity index (χ0n) is 6.09. The Morgan fingerprint density at radius 1 is 1.55 bits per heavy atom. The van der Waals surface area contributed by atoms with Gasteiger partial charge in [0.1, 0.15) is 11.5 Å². The van der Waals surface area contributed by atoms with E-state index in [-0.39, 0.29) is 5.97 Å². The third-order valence-electron chi connectivity index (χ3n) is 2.01. The number of fused-ring (bicyclic) bond motifs is 1. The first kappa shape index (κ1) is 6.46. The second kappa shape index (κ2) is 2.12. The molecule has 3 heteroatoms. The number of esters is 1. The van der Waals surface area contributed by atoms with Gasteiger partial charge in [0.15, 0.2) is 0 Å². The van der Waals surface area contributed by atoms with E-state index in [4.69, 9.17) is 10.5 Å². The Labute approximate surface area is 64.5 Å². The van der Waals surface area contributed by atoms with Crippen LogP contribution in [0.15, 0.2) is 23.1 Å². The van der Waals surface area contributed by atoms with Crippen molar-refractivity contribution >= 4 is 5.97 Å². The quantitative estimate of drug-likeness (QED) is 0.521. The van der Waals surface area contributed by atoms with Crippen LogP contribution in [-0.2, 0) is 9.53 Å². The molecule has 0 aromatic heterocycles. The Bertz CT molecular complexity index is 276. The van der Waals surface area contributed by atoms with Crippen LogP contribution in [0, 0.1) is 0 Å². The van der Waals surface area contributed by atoms with Gasteiger partial charge in [-0.15, -0.1) is 0 Å². The number of ether oxygens (including phenoxy) is 1. The van der Waals surface area contributed by atoms with E-state index >= 15 is 0 Å². The molecule has 1 aliphatic heterocycles. The average Bonchev–Trinajstić information content (AvgIpc) is 2.30. The number of carbonyl (C=O) groups is 1. The lowest BCUT2D eigenvalue weighted by Gasteiger charge is -2.08. The van der Waals surface area contributed by atoms with Crippen molar-refractivity contribution in [3.8, 4) is 0 Å². The predicted molar refractivity (Wildman–Crippen MR) is 39.2 cm³/mol. The smallest absolute Gasteiger partial charge is 0.360 e. The summed E-state index contributed by atoms with van der Waals surface area (Å²) < 4.78 is 4.90. The topological polar surface area (TPSA) is 52.3 Å². The summed E-state index contributed by atoms with van der Waals surface area (Å²) in [5, 5.41) is 0. The van der Waals surface area contributed by atoms with E-state index in [1.165, 1.54) is 0 Å². The highest BCUT2D eigenvalue weighted by Gasteiger charge is 2.28. The van der Waals surface area contributed by atoms with E-state index < -0.39 is 0 Å². The number of carbonyl (C=O) groups excluding carboxylic acids is 1. The van der Waals surface area contributed by atoms with E-state index in [0.717, 1.165) is 24.8 Å². The molecule has 2 aliphatic rings. The second-order valence-corrected chi connectivity index (χ2v) is 2.74. The van der Waals surface area contributed by atoms with Crippen LogP contribution in [0.2, 0.25) is 0 Å². The second-order valence-electron chi connectivity index (χ2n) is 2.74. The minimum atomic E-state index is -0.381. The molecule has 1 aliphatic carbocycles. The van der Waals surface area contributed by atoms with Crippen LogP contribution < -0.4 is 5.73 Å². The van der Waals surface area contributed by atoms with E-state index in [1.807, 2.05) is 6.08 Å². The van der Waals surface area contributed by atoms with Gasteiger partial charge < -0.3 is 10.5 Å². The van der Waals surface area contributed by atoms with Crippen LogP contribution in [0.1, 0.15) is 19.3 Å². The Morgan fingerprint density at radius 3 is 3.09 bits per heavy atom. The molecule has 0 saturated heterocycles. The monoisotopic (exact) mass is 151 g/mol. The fraction of sp³-hybridized carbons (Fsp3) is 0.375. The van der Waals surface area contributed by atoms with Gasteiger partial charge in [-0.1, -0.05) is 0 Å². The van der Waals surface area contributed by atoms with Gasteiger partial charge in [-0.05, 0) is 25.3 Å². The first-order chi connectivity index (χ1) is 5.29. The Kier molecular flexibility index (Phi) is 1.24. The number of hydrogen-bond acceptors (Lipinski definition) is 3. The molecule has 1 heterocycles. The minimum absolute atomic E-state index is 0.302. The Morgan fingerprint density at radius 2 is 2.36 bits per heavy atom. The van der Waals surface area contributed by atoms with Crippen LogP contribution in [0.3, 0.4) is 0 Å². The van der Waals surface area contributed by atoms with Crippen molar-refractivity contribution in [3.05, 3.63) is 23.1 Å². The third kappa shape index (κ3) is 0.843. The molecule has 0 aromatic rings. The molecule has 0 aromatic carbocycles. The zero-order chi connectivity index (χ0) is 7.84. The van der Waals surface area contributed by atoms with Gasteiger partial charge in [0.2, 0.25) is 0 Å². The Balaban J connectivity index is 2.45. The van der Waals surface area contributed by atoms with Gasteiger partial charge in [-0.3, -0.25) is 0 Å². The van der Waals surface area contributed by atoms with Crippen molar-refractivity contribution in [1.82, 2.24) is 0 Å². The summed E-state index contributed by atoms with van der Waals surface area (Å²) in [6.07, 6.45) is 4.86. The highest BCUT2D eigenvalue weighted by Crippen LogP contribution is 2.31. The van der Waals surface area contributed by atoms with Crippen LogP contribution in [0.25, 0.3) is 0 Å². The molecule has 2 N–H and O–H groups in total. The molecule has 58 valence electrons. The maximum absolute atomic E-state index is 10.9. The van der Waals surface area contributed by atoms with Crippen LogP contribution in [0.4, 0.5) is 0 Å². The first-order valence-corrected chi connectivity index (χ1v) is 3.70. The van der Waals surface area contributed by atoms with Gasteiger partial charge in [0.05, 0.1) is 0 Å². The summed E-state index contributed by atoms with van der Waals surface area (Å²) in [5.74, 6) is 0.312. The zero-order valence-corrected chi connectivity index (χ0v) is 6.09. The Hall–Kier alpha value is -1.25. The van der Waals surface area contributed by atoms with E-state index in [9.17, 15) is 4.79 Å². The molecule has 0 fully saturated rings. The summed E-state index contributed by atoms with van der Waals surface area (Å²) in [6, 6.07) is 0. The summed E-state index contributed by atoms with van der Waals surface area (Å²) >= 11 is 0. The molecular weight excluding hydrogens is 142 g/mol. The summed E-state index contributed by atoms with van der Waals surface area (Å²) in [6.45, 7) is 0. The van der Waals surface area contributed by atoms with E-state index in [2.05, 4.69) is 0 Å². The normalized spacial score (nSPS) is 22.9. The van der Waals surface area contributed by atoms with Gasteiger partial charge in [-0.25, -0.2) is 4.79 Å². The number of hydrogen-bond donors (Lipinski definition) is 1. The molecule has 3 nitrogen and oxygen atoms in total. The third-order valence-corrected chi connectivity index (χ3v) is 2.01. The van der Waals surface area contributed by atoms with Gasteiger partial charge >= 0.3 is 5.97 Å². The predicted octanol–water partition coefficient (Wildman–Crippen LogP) is 0.824. The van der Waals surface area contributed by atoms with Crippen molar-refractivity contribution in [3.63, 3.8) is 0 Å². The maximum atomic E-state index is 10.9. The van der Waals surface area contributed by atoms with Crippen molar-refractivity contribution in [1.29, 1.82) is 0 Å². The molecule has 0 amide bonds. The molecule has 0 atom stereocenters. The van der Waals surface area contributed by atoms with Crippen LogP contribution >= 0.6 is 0 Å². The molecule has 0 unspecified atom stereocenters. The fourth-order valence-electron chi connectivity index (χ4n) is 1.41. The molecule has 11 heavy (non-hydrogen) atoms. The largest absolute Gasteiger partial charge is 0.422 e. The SMILES string of the molecule is NC1=C2CCCC=C2OC1=O. The molecule has 0 spiro atoms. The van der Waals surface area contributed by atoms with Crippen molar-refractivity contribution in [2.45, 2.75) is 19.3 Å². The number of allylic oxidation sites excluding steroid dienone is 2.